The Hall–Kier alpha value is -3.05. The first-order valence-electron chi connectivity index (χ1n) is 10.3. The van der Waals surface area contributed by atoms with Crippen LogP contribution in [0, 0.1) is 5.92 Å². The first-order valence-corrected chi connectivity index (χ1v) is 11.8. The molecule has 3 N–H and O–H groups in total. The second-order valence-corrected chi connectivity index (χ2v) is 9.63. The molecular weight excluding hydrogens is 436 g/mol. The van der Waals surface area contributed by atoms with Crippen LogP contribution in [-0.4, -0.2) is 49.8 Å². The molecule has 0 aliphatic carbocycles. The molecule has 11 heteroatoms. The third-order valence-corrected chi connectivity index (χ3v) is 6.62. The Labute approximate surface area is 186 Å². The number of carbonyl (C=O) groups is 3. The van der Waals surface area contributed by atoms with Gasteiger partial charge in [0, 0.05) is 24.9 Å². The number of carbonyl (C=O) groups excluding carboxylic acids is 3. The number of hydrogen-bond acceptors (Lipinski definition) is 7. The van der Waals surface area contributed by atoms with E-state index in [4.69, 9.17) is 4.52 Å². The van der Waals surface area contributed by atoms with Crippen LogP contribution in [0.3, 0.4) is 0 Å². The molecule has 1 aromatic carbocycles. The highest BCUT2D eigenvalue weighted by atomic mass is 32.2. The van der Waals surface area contributed by atoms with Gasteiger partial charge in [0.25, 0.3) is 5.91 Å². The van der Waals surface area contributed by atoms with Crippen LogP contribution in [0.4, 0.5) is 0 Å². The van der Waals surface area contributed by atoms with Crippen molar-refractivity contribution in [1.29, 1.82) is 0 Å². The normalized spacial score (nSPS) is 18.5. The molecule has 1 aliphatic heterocycles. The fourth-order valence-corrected chi connectivity index (χ4v) is 4.74. The van der Waals surface area contributed by atoms with Gasteiger partial charge in [-0.3, -0.25) is 14.4 Å². The van der Waals surface area contributed by atoms with Crippen LogP contribution in [0.5, 0.6) is 0 Å². The monoisotopic (exact) mass is 462 g/mol. The fraction of sp³-hybridized carbons (Fsp3) is 0.429. The van der Waals surface area contributed by atoms with Crippen LogP contribution < -0.4 is 15.4 Å². The van der Waals surface area contributed by atoms with E-state index >= 15 is 0 Å². The zero-order valence-corrected chi connectivity index (χ0v) is 18.6. The third kappa shape index (κ3) is 5.60. The Morgan fingerprint density at radius 3 is 2.62 bits per heavy atom. The largest absolute Gasteiger partial charge is 0.361 e. The van der Waals surface area contributed by atoms with E-state index in [1.165, 1.54) is 18.3 Å². The van der Waals surface area contributed by atoms with Crippen LogP contribution >= 0.6 is 0 Å². The molecule has 0 fully saturated rings. The summed E-state index contributed by atoms with van der Waals surface area (Å²) in [5, 5.41) is 8.84. The van der Waals surface area contributed by atoms with E-state index < -0.39 is 45.6 Å². The number of nitrogens with zero attached hydrogens (tertiary/aromatic N) is 1. The zero-order valence-electron chi connectivity index (χ0n) is 17.8. The van der Waals surface area contributed by atoms with Crippen LogP contribution in [0.1, 0.15) is 31.6 Å². The van der Waals surface area contributed by atoms with Crippen molar-refractivity contribution in [2.45, 2.75) is 50.1 Å². The molecule has 0 bridgehead atoms. The molecule has 2 aromatic rings. The number of nitrogens with one attached hydrogen (secondary N) is 3. The molecule has 0 spiro atoms. The summed E-state index contributed by atoms with van der Waals surface area (Å²) in [5.41, 5.74) is 0.615. The van der Waals surface area contributed by atoms with Gasteiger partial charge < -0.3 is 15.2 Å². The lowest BCUT2D eigenvalue weighted by molar-refractivity contribution is -0.140. The molecule has 0 saturated heterocycles. The first kappa shape index (κ1) is 23.6. The van der Waals surface area contributed by atoms with Gasteiger partial charge in [0.15, 0.2) is 0 Å². The van der Waals surface area contributed by atoms with E-state index in [1.807, 2.05) is 0 Å². The summed E-state index contributed by atoms with van der Waals surface area (Å²) in [5.74, 6) is -2.18. The van der Waals surface area contributed by atoms with Gasteiger partial charge in [0.1, 0.15) is 17.8 Å². The summed E-state index contributed by atoms with van der Waals surface area (Å²) < 4.78 is 33.1. The standard InChI is InChI=1S/C21H26N4O6S/c1-13(2)18(25-32(29,30)15-7-4-3-5-8-15)20(27)24-16-11-14-12-23-31-17(14)9-6-10-22-21(28)19(16)26/h3-5,7-8,12-13,16,18,25H,6,9-11H2,1-2H3,(H,22,28)(H,24,27). The van der Waals surface area contributed by atoms with E-state index in [9.17, 15) is 22.8 Å². The Balaban J connectivity index is 1.82. The molecule has 2 amide bonds. The lowest BCUT2D eigenvalue weighted by Gasteiger charge is -2.25. The minimum atomic E-state index is -3.98. The maximum atomic E-state index is 13.1. The fourth-order valence-electron chi connectivity index (χ4n) is 3.37. The van der Waals surface area contributed by atoms with Crippen molar-refractivity contribution >= 4 is 27.6 Å². The lowest BCUT2D eigenvalue weighted by atomic mass is 9.98. The van der Waals surface area contributed by atoms with E-state index in [1.54, 1.807) is 32.0 Å². The highest BCUT2D eigenvalue weighted by molar-refractivity contribution is 7.89. The van der Waals surface area contributed by atoms with Crippen molar-refractivity contribution < 1.29 is 27.3 Å². The number of aromatic nitrogens is 1. The summed E-state index contributed by atoms with van der Waals surface area (Å²) in [4.78, 5) is 38.0. The van der Waals surface area contributed by atoms with Gasteiger partial charge in [0.2, 0.25) is 21.7 Å². The minimum absolute atomic E-state index is 0.00702. The van der Waals surface area contributed by atoms with Gasteiger partial charge in [0.05, 0.1) is 11.1 Å². The Morgan fingerprint density at radius 2 is 1.94 bits per heavy atom. The second-order valence-electron chi connectivity index (χ2n) is 7.92. The number of amides is 2. The minimum Gasteiger partial charge on any atom is -0.361 e. The number of Topliss-reactive ketones (excluding diaryl/α,β-unsaturated/α-hetero) is 1. The topological polar surface area (TPSA) is 147 Å². The Morgan fingerprint density at radius 1 is 1.22 bits per heavy atom. The third-order valence-electron chi connectivity index (χ3n) is 5.16. The van der Waals surface area contributed by atoms with Gasteiger partial charge in [-0.05, 0) is 24.5 Å². The molecule has 3 rings (SSSR count). The molecule has 172 valence electrons. The highest BCUT2D eigenvalue weighted by Gasteiger charge is 2.34. The van der Waals surface area contributed by atoms with E-state index in [2.05, 4.69) is 20.5 Å². The zero-order chi connectivity index (χ0) is 23.3. The van der Waals surface area contributed by atoms with E-state index in [0.717, 1.165) is 0 Å². The average molecular weight is 463 g/mol. The number of rotatable bonds is 6. The van der Waals surface area contributed by atoms with Gasteiger partial charge in [-0.1, -0.05) is 37.2 Å². The lowest BCUT2D eigenvalue weighted by Crippen LogP contribution is -2.56. The molecule has 0 saturated carbocycles. The number of aryl methyl sites for hydroxylation is 1. The van der Waals surface area contributed by atoms with Crippen molar-refractivity contribution in [2.75, 3.05) is 6.54 Å². The van der Waals surface area contributed by atoms with Gasteiger partial charge in [-0.2, -0.15) is 4.72 Å². The average Bonchev–Trinajstić information content (AvgIpc) is 3.20. The van der Waals surface area contributed by atoms with Crippen LogP contribution in [-0.2, 0) is 37.2 Å². The number of fused-ring (bicyclic) bond motifs is 1. The highest BCUT2D eigenvalue weighted by Crippen LogP contribution is 2.16. The number of hydrogen-bond donors (Lipinski definition) is 3. The first-order chi connectivity index (χ1) is 15.2. The molecule has 2 unspecified atom stereocenters. The van der Waals surface area contributed by atoms with Crippen LogP contribution in [0.25, 0.3) is 0 Å². The van der Waals surface area contributed by atoms with Crippen molar-refractivity contribution in [1.82, 2.24) is 20.5 Å². The maximum absolute atomic E-state index is 13.1. The molecule has 32 heavy (non-hydrogen) atoms. The van der Waals surface area contributed by atoms with E-state index in [0.29, 0.717) is 24.2 Å². The predicted octanol–water partition coefficient (Wildman–Crippen LogP) is 0.337. The Kier molecular flexibility index (Phi) is 7.41. The molecule has 10 nitrogen and oxygen atoms in total. The Bertz CT molecular complexity index is 1080. The van der Waals surface area contributed by atoms with Crippen LogP contribution in [0.15, 0.2) is 45.9 Å². The number of ketones is 1. The quantitative estimate of drug-likeness (QED) is 0.524. The van der Waals surface area contributed by atoms with Gasteiger partial charge in [-0.15, -0.1) is 0 Å². The smallest absolute Gasteiger partial charge is 0.289 e. The van der Waals surface area contributed by atoms with Crippen molar-refractivity contribution in [3.05, 3.63) is 47.9 Å². The van der Waals surface area contributed by atoms with Crippen molar-refractivity contribution in [2.24, 2.45) is 5.92 Å². The predicted molar refractivity (Wildman–Crippen MR) is 114 cm³/mol. The summed E-state index contributed by atoms with van der Waals surface area (Å²) in [6.07, 6.45) is 2.57. The molecular formula is C21H26N4O6S. The number of benzene rings is 1. The second kappa shape index (κ2) is 10.0. The summed E-state index contributed by atoms with van der Waals surface area (Å²) >= 11 is 0. The van der Waals surface area contributed by atoms with Crippen molar-refractivity contribution in [3.63, 3.8) is 0 Å². The molecule has 2 heterocycles. The van der Waals surface area contributed by atoms with Crippen LogP contribution in [0.2, 0.25) is 0 Å². The SMILES string of the molecule is CC(C)C(NS(=O)(=O)c1ccccc1)C(=O)NC1Cc2cnoc2CCCNC(=O)C1=O. The van der Waals surface area contributed by atoms with Gasteiger partial charge in [-0.25, -0.2) is 8.42 Å². The van der Waals surface area contributed by atoms with E-state index in [-0.39, 0.29) is 17.9 Å². The van der Waals surface area contributed by atoms with Gasteiger partial charge >= 0.3 is 0 Å². The molecule has 2 atom stereocenters. The summed E-state index contributed by atoms with van der Waals surface area (Å²) in [7, 11) is -3.98. The molecule has 0 radical (unpaired) electrons. The number of sulfonamides is 1. The molecule has 1 aliphatic rings. The summed E-state index contributed by atoms with van der Waals surface area (Å²) in [6, 6.07) is 5.32. The molecule has 1 aromatic heterocycles. The maximum Gasteiger partial charge on any atom is 0.289 e. The van der Waals surface area contributed by atoms with Crippen molar-refractivity contribution in [3.8, 4) is 0 Å². The summed E-state index contributed by atoms with van der Waals surface area (Å²) in [6.45, 7) is 3.63.